The van der Waals surface area contributed by atoms with Crippen molar-refractivity contribution in [3.8, 4) is 5.75 Å². The second-order valence-corrected chi connectivity index (χ2v) is 6.84. The molecule has 2 aromatic rings. The number of hydrogen-bond acceptors (Lipinski definition) is 2. The SMILES string of the molecule is CCC(CNc1ccc(Cl)cc1Cl)Oc1ccccc1C(C)CC. The predicted molar refractivity (Wildman–Crippen MR) is 105 cm³/mol. The molecule has 0 aliphatic rings. The lowest BCUT2D eigenvalue weighted by Crippen LogP contribution is -2.26. The lowest BCUT2D eigenvalue weighted by Gasteiger charge is -2.22. The quantitative estimate of drug-likeness (QED) is 0.556. The van der Waals surface area contributed by atoms with E-state index in [2.05, 4.69) is 44.3 Å². The van der Waals surface area contributed by atoms with Gasteiger partial charge in [-0.15, -0.1) is 0 Å². The molecule has 0 amide bonds. The van der Waals surface area contributed by atoms with Gasteiger partial charge in [-0.2, -0.15) is 0 Å². The first kappa shape index (κ1) is 19.0. The van der Waals surface area contributed by atoms with Gasteiger partial charge in [-0.1, -0.05) is 62.2 Å². The summed E-state index contributed by atoms with van der Waals surface area (Å²) in [5, 5.41) is 4.62. The average Bonchev–Trinajstić information content (AvgIpc) is 2.59. The van der Waals surface area contributed by atoms with E-state index in [-0.39, 0.29) is 6.10 Å². The zero-order valence-electron chi connectivity index (χ0n) is 14.5. The number of ether oxygens (including phenoxy) is 1. The summed E-state index contributed by atoms with van der Waals surface area (Å²) >= 11 is 12.2. The molecule has 0 saturated carbocycles. The average molecular weight is 366 g/mol. The Hall–Kier alpha value is -1.38. The number of para-hydroxylation sites is 1. The maximum absolute atomic E-state index is 6.27. The molecular formula is C20H25Cl2NO. The van der Waals surface area contributed by atoms with Crippen LogP contribution in [-0.4, -0.2) is 12.6 Å². The van der Waals surface area contributed by atoms with Crippen LogP contribution < -0.4 is 10.1 Å². The maximum atomic E-state index is 6.27. The van der Waals surface area contributed by atoms with Gasteiger partial charge in [-0.3, -0.25) is 0 Å². The smallest absolute Gasteiger partial charge is 0.123 e. The minimum atomic E-state index is 0.0713. The van der Waals surface area contributed by atoms with Crippen molar-refractivity contribution in [1.82, 2.24) is 0 Å². The molecule has 0 bridgehead atoms. The van der Waals surface area contributed by atoms with Crippen molar-refractivity contribution in [2.24, 2.45) is 0 Å². The fourth-order valence-electron chi connectivity index (χ4n) is 2.52. The maximum Gasteiger partial charge on any atom is 0.123 e. The first-order valence-corrected chi connectivity index (χ1v) is 9.25. The molecule has 2 aromatic carbocycles. The van der Waals surface area contributed by atoms with Gasteiger partial charge in [-0.05, 0) is 48.6 Å². The van der Waals surface area contributed by atoms with Crippen LogP contribution >= 0.6 is 23.2 Å². The van der Waals surface area contributed by atoms with Gasteiger partial charge < -0.3 is 10.1 Å². The minimum Gasteiger partial charge on any atom is -0.488 e. The molecule has 0 radical (unpaired) electrons. The molecule has 2 rings (SSSR count). The van der Waals surface area contributed by atoms with Crippen LogP contribution in [0.15, 0.2) is 42.5 Å². The van der Waals surface area contributed by atoms with Crippen LogP contribution in [0.3, 0.4) is 0 Å². The van der Waals surface area contributed by atoms with Crippen molar-refractivity contribution in [1.29, 1.82) is 0 Å². The third-order valence-electron chi connectivity index (χ3n) is 4.26. The first-order chi connectivity index (χ1) is 11.5. The van der Waals surface area contributed by atoms with Gasteiger partial charge in [0.2, 0.25) is 0 Å². The van der Waals surface area contributed by atoms with Crippen LogP contribution in [-0.2, 0) is 0 Å². The molecule has 0 spiro atoms. The Morgan fingerprint density at radius 2 is 1.79 bits per heavy atom. The molecule has 0 aromatic heterocycles. The Labute approximate surface area is 155 Å². The third-order valence-corrected chi connectivity index (χ3v) is 4.81. The van der Waals surface area contributed by atoms with E-state index < -0.39 is 0 Å². The molecule has 0 fully saturated rings. The number of anilines is 1. The Morgan fingerprint density at radius 3 is 2.46 bits per heavy atom. The van der Waals surface area contributed by atoms with Gasteiger partial charge >= 0.3 is 0 Å². The fraction of sp³-hybridized carbons (Fsp3) is 0.400. The zero-order chi connectivity index (χ0) is 17.5. The summed E-state index contributed by atoms with van der Waals surface area (Å²) in [6, 6.07) is 13.8. The molecule has 2 atom stereocenters. The third kappa shape index (κ3) is 5.06. The highest BCUT2D eigenvalue weighted by Crippen LogP contribution is 2.30. The normalized spacial score (nSPS) is 13.4. The van der Waals surface area contributed by atoms with E-state index in [4.69, 9.17) is 27.9 Å². The zero-order valence-corrected chi connectivity index (χ0v) is 16.0. The van der Waals surface area contributed by atoms with Gasteiger partial charge in [-0.25, -0.2) is 0 Å². The van der Waals surface area contributed by atoms with Crippen LogP contribution in [0.2, 0.25) is 10.0 Å². The molecular weight excluding hydrogens is 341 g/mol. The summed E-state index contributed by atoms with van der Waals surface area (Å²) in [5.74, 6) is 1.46. The van der Waals surface area contributed by atoms with Crippen molar-refractivity contribution in [3.05, 3.63) is 58.1 Å². The molecule has 0 aliphatic carbocycles. The predicted octanol–water partition coefficient (Wildman–Crippen LogP) is 6.78. The number of rotatable bonds is 8. The molecule has 130 valence electrons. The second-order valence-electron chi connectivity index (χ2n) is 6.00. The molecule has 0 heterocycles. The van der Waals surface area contributed by atoms with Crippen LogP contribution in [0.4, 0.5) is 5.69 Å². The van der Waals surface area contributed by atoms with Crippen molar-refractivity contribution >= 4 is 28.9 Å². The number of halogens is 2. The Balaban J connectivity index is 2.05. The van der Waals surface area contributed by atoms with Gasteiger partial charge in [0.15, 0.2) is 0 Å². The van der Waals surface area contributed by atoms with Gasteiger partial charge in [0.1, 0.15) is 11.9 Å². The van der Waals surface area contributed by atoms with E-state index in [1.807, 2.05) is 18.2 Å². The Kier molecular flexibility index (Phi) is 7.26. The van der Waals surface area contributed by atoms with E-state index in [0.29, 0.717) is 22.5 Å². The van der Waals surface area contributed by atoms with E-state index in [0.717, 1.165) is 24.3 Å². The second kappa shape index (κ2) is 9.19. The number of nitrogens with one attached hydrogen (secondary N) is 1. The van der Waals surface area contributed by atoms with Gasteiger partial charge in [0.25, 0.3) is 0 Å². The van der Waals surface area contributed by atoms with Crippen molar-refractivity contribution in [2.75, 3.05) is 11.9 Å². The van der Waals surface area contributed by atoms with Crippen LogP contribution in [0.5, 0.6) is 5.75 Å². The van der Waals surface area contributed by atoms with Gasteiger partial charge in [0, 0.05) is 5.02 Å². The largest absolute Gasteiger partial charge is 0.488 e. The molecule has 24 heavy (non-hydrogen) atoms. The highest BCUT2D eigenvalue weighted by atomic mass is 35.5. The molecule has 0 aliphatic heterocycles. The highest BCUT2D eigenvalue weighted by Gasteiger charge is 2.14. The van der Waals surface area contributed by atoms with Crippen molar-refractivity contribution in [2.45, 2.75) is 45.6 Å². The summed E-state index contributed by atoms with van der Waals surface area (Å²) in [5.41, 5.74) is 2.14. The lowest BCUT2D eigenvalue weighted by atomic mass is 9.98. The van der Waals surface area contributed by atoms with E-state index in [9.17, 15) is 0 Å². The standard InChI is InChI=1S/C20H25Cl2NO/c1-4-14(3)17-8-6-7-9-20(17)24-16(5-2)13-23-19-11-10-15(21)12-18(19)22/h6-12,14,16,23H,4-5,13H2,1-3H3. The molecule has 0 saturated heterocycles. The highest BCUT2D eigenvalue weighted by molar-refractivity contribution is 6.36. The van der Waals surface area contributed by atoms with Crippen LogP contribution in [0.25, 0.3) is 0 Å². The van der Waals surface area contributed by atoms with E-state index in [1.165, 1.54) is 5.56 Å². The number of hydrogen-bond donors (Lipinski definition) is 1. The topological polar surface area (TPSA) is 21.3 Å². The number of benzene rings is 2. The van der Waals surface area contributed by atoms with Crippen molar-refractivity contribution < 1.29 is 4.74 Å². The molecule has 2 unspecified atom stereocenters. The summed E-state index contributed by atoms with van der Waals surface area (Å²) in [6.07, 6.45) is 2.07. The monoisotopic (exact) mass is 365 g/mol. The van der Waals surface area contributed by atoms with E-state index >= 15 is 0 Å². The van der Waals surface area contributed by atoms with Gasteiger partial charge in [0.05, 0.1) is 17.3 Å². The summed E-state index contributed by atoms with van der Waals surface area (Å²) in [7, 11) is 0. The Bertz CT molecular complexity index is 660. The molecule has 1 N–H and O–H groups in total. The fourth-order valence-corrected chi connectivity index (χ4v) is 3.00. The van der Waals surface area contributed by atoms with Crippen LogP contribution in [0.1, 0.15) is 45.1 Å². The summed E-state index contributed by atoms with van der Waals surface area (Å²) in [4.78, 5) is 0. The first-order valence-electron chi connectivity index (χ1n) is 8.49. The molecule has 2 nitrogen and oxygen atoms in total. The van der Waals surface area contributed by atoms with Crippen LogP contribution in [0, 0.1) is 0 Å². The summed E-state index contributed by atoms with van der Waals surface area (Å²) in [6.45, 7) is 7.24. The Morgan fingerprint density at radius 1 is 1.04 bits per heavy atom. The van der Waals surface area contributed by atoms with E-state index in [1.54, 1.807) is 6.07 Å². The lowest BCUT2D eigenvalue weighted by molar-refractivity contribution is 0.207. The molecule has 4 heteroatoms. The summed E-state index contributed by atoms with van der Waals surface area (Å²) < 4.78 is 6.27. The van der Waals surface area contributed by atoms with Crippen molar-refractivity contribution in [3.63, 3.8) is 0 Å². The minimum absolute atomic E-state index is 0.0713.